The number of aliphatic hydroxyl groups excluding tert-OH is 4. The lowest BCUT2D eigenvalue weighted by Crippen LogP contribution is -2.69. The number of phosphoric ester groups is 1. The van der Waals surface area contributed by atoms with Crippen molar-refractivity contribution in [2.45, 2.75) is 36.1 Å². The Morgan fingerprint density at radius 2 is 1.50 bits per heavy atom. The van der Waals surface area contributed by atoms with Gasteiger partial charge in [0.05, 0.1) is 0 Å². The summed E-state index contributed by atoms with van der Waals surface area (Å²) in [6, 6.07) is 11.3. The van der Waals surface area contributed by atoms with E-state index in [1.54, 1.807) is 30.3 Å². The SMILES string of the molecule is O=P(O)(O)O[C@@H]1[C@@H](O)[C@H](O)[C@@H](O)[C@H](O)[C@@]1(O)c1cccc2ccccc12. The largest absolute Gasteiger partial charge is 0.470 e. The van der Waals surface area contributed by atoms with E-state index in [1.165, 1.54) is 12.1 Å². The summed E-state index contributed by atoms with van der Waals surface area (Å²) >= 11 is 0. The highest BCUT2D eigenvalue weighted by Crippen LogP contribution is 2.49. The standard InChI is InChI=1S/C16H19O9P/c17-11-12(18)14(20)16(21,15(13(11)19)25-26(22,23)24)10-7-3-5-8-4-1-2-6-9(8)10/h1-7,11-15,17-21H,(H2,22,23,24)/t11-,12-,13+,14+,15-,16+/m1/s1. The van der Waals surface area contributed by atoms with Gasteiger partial charge in [0, 0.05) is 0 Å². The minimum Gasteiger partial charge on any atom is -0.387 e. The Kier molecular flexibility index (Phi) is 4.95. The number of hydrogen-bond donors (Lipinski definition) is 7. The van der Waals surface area contributed by atoms with E-state index < -0.39 is 43.9 Å². The monoisotopic (exact) mass is 386 g/mol. The van der Waals surface area contributed by atoms with Crippen molar-refractivity contribution in [1.29, 1.82) is 0 Å². The number of phosphoric acid groups is 1. The van der Waals surface area contributed by atoms with Gasteiger partial charge in [-0.05, 0) is 16.3 Å². The topological polar surface area (TPSA) is 168 Å². The fourth-order valence-corrected chi connectivity index (χ4v) is 4.02. The molecule has 9 nitrogen and oxygen atoms in total. The van der Waals surface area contributed by atoms with Gasteiger partial charge in [-0.15, -0.1) is 0 Å². The van der Waals surface area contributed by atoms with Crippen LogP contribution < -0.4 is 0 Å². The molecule has 1 fully saturated rings. The first kappa shape index (κ1) is 19.4. The number of fused-ring (bicyclic) bond motifs is 1. The molecule has 0 aromatic heterocycles. The van der Waals surface area contributed by atoms with Gasteiger partial charge in [0.25, 0.3) is 0 Å². The van der Waals surface area contributed by atoms with Crippen LogP contribution in [0, 0.1) is 0 Å². The predicted octanol–water partition coefficient (Wildman–Crippen LogP) is -1.04. The molecule has 142 valence electrons. The summed E-state index contributed by atoms with van der Waals surface area (Å²) in [5, 5.41) is 52.9. The van der Waals surface area contributed by atoms with Gasteiger partial charge >= 0.3 is 7.82 Å². The second kappa shape index (κ2) is 6.65. The molecule has 2 aromatic carbocycles. The second-order valence-corrected chi connectivity index (χ2v) is 7.48. The van der Waals surface area contributed by atoms with Crippen LogP contribution in [0.3, 0.4) is 0 Å². The number of rotatable bonds is 3. The molecule has 10 heteroatoms. The molecular formula is C16H19O9P. The van der Waals surface area contributed by atoms with Crippen molar-refractivity contribution in [3.63, 3.8) is 0 Å². The lowest BCUT2D eigenvalue weighted by Gasteiger charge is -2.49. The van der Waals surface area contributed by atoms with Crippen molar-refractivity contribution >= 4 is 18.6 Å². The van der Waals surface area contributed by atoms with Gasteiger partial charge in [-0.25, -0.2) is 4.57 Å². The van der Waals surface area contributed by atoms with Crippen molar-refractivity contribution in [2.75, 3.05) is 0 Å². The van der Waals surface area contributed by atoms with E-state index in [2.05, 4.69) is 4.52 Å². The molecule has 0 amide bonds. The van der Waals surface area contributed by atoms with Gasteiger partial charge in [-0.2, -0.15) is 0 Å². The van der Waals surface area contributed by atoms with Crippen molar-refractivity contribution in [2.24, 2.45) is 0 Å². The summed E-state index contributed by atoms with van der Waals surface area (Å²) < 4.78 is 15.9. The highest BCUT2D eigenvalue weighted by atomic mass is 31.2. The molecule has 0 bridgehead atoms. The maximum atomic E-state index is 11.3. The predicted molar refractivity (Wildman–Crippen MR) is 88.8 cm³/mol. The Labute approximate surface area is 148 Å². The summed E-state index contributed by atoms with van der Waals surface area (Å²) in [6.45, 7) is 0. The van der Waals surface area contributed by atoms with Crippen molar-refractivity contribution in [3.05, 3.63) is 48.0 Å². The molecule has 1 aliphatic rings. The molecule has 0 heterocycles. The highest BCUT2D eigenvalue weighted by molar-refractivity contribution is 7.46. The Morgan fingerprint density at radius 1 is 0.885 bits per heavy atom. The molecule has 6 atom stereocenters. The summed E-state index contributed by atoms with van der Waals surface area (Å²) in [5.41, 5.74) is -2.63. The lowest BCUT2D eigenvalue weighted by atomic mass is 9.70. The van der Waals surface area contributed by atoms with Gasteiger partial charge in [-0.3, -0.25) is 4.52 Å². The minimum atomic E-state index is -5.23. The number of aliphatic hydroxyl groups is 5. The van der Waals surface area contributed by atoms with Crippen LogP contribution in [0.2, 0.25) is 0 Å². The molecule has 1 saturated carbocycles. The zero-order valence-corrected chi connectivity index (χ0v) is 14.2. The zero-order chi connectivity index (χ0) is 19.3. The molecule has 0 aliphatic heterocycles. The molecule has 0 spiro atoms. The van der Waals surface area contributed by atoms with Crippen LogP contribution >= 0.6 is 7.82 Å². The fraction of sp³-hybridized carbons (Fsp3) is 0.375. The molecule has 1 aliphatic carbocycles. The third-order valence-electron chi connectivity index (χ3n) is 4.69. The Morgan fingerprint density at radius 3 is 2.15 bits per heavy atom. The normalized spacial score (nSPS) is 35.6. The van der Waals surface area contributed by atoms with Crippen LogP contribution in [0.5, 0.6) is 0 Å². The molecular weight excluding hydrogens is 367 g/mol. The molecule has 26 heavy (non-hydrogen) atoms. The van der Waals surface area contributed by atoms with Crippen LogP contribution in [0.1, 0.15) is 5.56 Å². The van der Waals surface area contributed by atoms with E-state index >= 15 is 0 Å². The maximum Gasteiger partial charge on any atom is 0.470 e. The van der Waals surface area contributed by atoms with E-state index in [4.69, 9.17) is 9.79 Å². The van der Waals surface area contributed by atoms with Crippen LogP contribution in [0.25, 0.3) is 10.8 Å². The number of hydrogen-bond acceptors (Lipinski definition) is 7. The van der Waals surface area contributed by atoms with E-state index in [-0.39, 0.29) is 5.56 Å². The molecule has 0 saturated heterocycles. The molecule has 3 rings (SSSR count). The second-order valence-electron chi connectivity index (χ2n) is 6.29. The Hall–Kier alpha value is -1.39. The van der Waals surface area contributed by atoms with Crippen molar-refractivity contribution < 1.29 is 44.4 Å². The van der Waals surface area contributed by atoms with Gasteiger partial charge < -0.3 is 35.3 Å². The smallest absolute Gasteiger partial charge is 0.387 e. The van der Waals surface area contributed by atoms with E-state index in [9.17, 15) is 30.1 Å². The summed E-state index contributed by atoms with van der Waals surface area (Å²) in [7, 11) is -5.23. The summed E-state index contributed by atoms with van der Waals surface area (Å²) in [5.74, 6) is 0. The van der Waals surface area contributed by atoms with Crippen molar-refractivity contribution in [3.8, 4) is 0 Å². The Balaban J connectivity index is 2.25. The number of benzene rings is 2. The van der Waals surface area contributed by atoms with E-state index in [1.807, 2.05) is 0 Å². The quantitative estimate of drug-likeness (QED) is 0.326. The van der Waals surface area contributed by atoms with Crippen LogP contribution in [0.15, 0.2) is 42.5 Å². The minimum absolute atomic E-state index is 0.0217. The third kappa shape index (κ3) is 3.07. The average Bonchev–Trinajstić information content (AvgIpc) is 2.61. The van der Waals surface area contributed by atoms with Crippen molar-refractivity contribution in [1.82, 2.24) is 0 Å². The first-order valence-electron chi connectivity index (χ1n) is 7.74. The first-order chi connectivity index (χ1) is 12.1. The van der Waals surface area contributed by atoms with Gasteiger partial charge in [0.15, 0.2) is 0 Å². The molecule has 2 aromatic rings. The maximum absolute atomic E-state index is 11.3. The third-order valence-corrected chi connectivity index (χ3v) is 5.19. The highest BCUT2D eigenvalue weighted by Gasteiger charge is 2.61. The summed E-state index contributed by atoms with van der Waals surface area (Å²) in [4.78, 5) is 18.3. The zero-order valence-electron chi connectivity index (χ0n) is 13.3. The molecule has 7 N–H and O–H groups in total. The van der Waals surface area contributed by atoms with E-state index in [0.29, 0.717) is 10.8 Å². The van der Waals surface area contributed by atoms with Crippen LogP contribution in [-0.4, -0.2) is 65.8 Å². The summed E-state index contributed by atoms with van der Waals surface area (Å²) in [6.07, 6.45) is -10.3. The van der Waals surface area contributed by atoms with Crippen LogP contribution in [-0.2, 0) is 14.7 Å². The lowest BCUT2D eigenvalue weighted by molar-refractivity contribution is -0.268. The Bertz CT molecular complexity index is 847. The van der Waals surface area contributed by atoms with Gasteiger partial charge in [-0.1, -0.05) is 42.5 Å². The average molecular weight is 386 g/mol. The van der Waals surface area contributed by atoms with Gasteiger partial charge in [0.1, 0.15) is 36.1 Å². The van der Waals surface area contributed by atoms with Crippen LogP contribution in [0.4, 0.5) is 0 Å². The first-order valence-corrected chi connectivity index (χ1v) is 9.27. The fourth-order valence-electron chi connectivity index (χ4n) is 3.43. The molecule has 0 radical (unpaired) electrons. The van der Waals surface area contributed by atoms with E-state index in [0.717, 1.165) is 0 Å². The van der Waals surface area contributed by atoms with Gasteiger partial charge in [0.2, 0.25) is 0 Å². The molecule has 0 unspecified atom stereocenters.